The lowest BCUT2D eigenvalue weighted by Crippen LogP contribution is -2.08. The summed E-state index contributed by atoms with van der Waals surface area (Å²) in [7, 11) is 0. The smallest absolute Gasteiger partial charge is 0.302 e. The molecule has 0 unspecified atom stereocenters. The molecule has 0 saturated carbocycles. The lowest BCUT2D eigenvalue weighted by molar-refractivity contribution is -0.142. The molecule has 2 rings (SSSR count). The van der Waals surface area contributed by atoms with Gasteiger partial charge in [-0.3, -0.25) is 10.2 Å². The van der Waals surface area contributed by atoms with Crippen LogP contribution in [0.2, 0.25) is 0 Å². The van der Waals surface area contributed by atoms with Crippen LogP contribution in [0.1, 0.15) is 40.3 Å². The average Bonchev–Trinajstić information content (AvgIpc) is 2.57. The summed E-state index contributed by atoms with van der Waals surface area (Å²) in [5, 5.41) is 4.36. The zero-order valence-corrected chi connectivity index (χ0v) is 14.9. The van der Waals surface area contributed by atoms with Gasteiger partial charge >= 0.3 is 5.97 Å². The Kier molecular flexibility index (Phi) is 5.74. The highest BCUT2D eigenvalue weighted by Gasteiger charge is 2.14. The number of rotatable bonds is 5. The molecule has 4 nitrogen and oxygen atoms in total. The van der Waals surface area contributed by atoms with Crippen molar-refractivity contribution in [2.45, 2.75) is 41.2 Å². The number of ether oxygens (including phenoxy) is 1. The van der Waals surface area contributed by atoms with Gasteiger partial charge in [0.05, 0.1) is 11.9 Å². The predicted octanol–water partition coefficient (Wildman–Crippen LogP) is 4.43. The monoisotopic (exact) mass is 324 g/mol. The van der Waals surface area contributed by atoms with Crippen molar-refractivity contribution in [3.05, 3.63) is 63.7 Å². The molecule has 2 aromatic carbocycles. The Balaban J connectivity index is 2.29. The Labute approximate surface area is 143 Å². The molecular weight excluding hydrogens is 300 g/mol. The van der Waals surface area contributed by atoms with Crippen LogP contribution in [0.25, 0.3) is 0 Å². The number of hydrogen-bond acceptors (Lipinski definition) is 4. The number of benzene rings is 2. The Morgan fingerprint density at radius 2 is 1.62 bits per heavy atom. The van der Waals surface area contributed by atoms with Gasteiger partial charge in [0.2, 0.25) is 0 Å². The van der Waals surface area contributed by atoms with Crippen LogP contribution in [0.5, 0.6) is 0 Å². The summed E-state index contributed by atoms with van der Waals surface area (Å²) in [6.45, 7) is 10.0. The van der Waals surface area contributed by atoms with Crippen LogP contribution < -0.4 is 5.43 Å². The van der Waals surface area contributed by atoms with E-state index in [-0.39, 0.29) is 5.97 Å². The highest BCUT2D eigenvalue weighted by molar-refractivity contribution is 5.86. The molecule has 0 atom stereocenters. The van der Waals surface area contributed by atoms with E-state index in [1.54, 1.807) is 0 Å². The van der Waals surface area contributed by atoms with E-state index in [1.807, 2.05) is 36.5 Å². The SMILES string of the molecule is CC(=O)OCc1c(C)c(C)c(C=NNc2ccccc2)c(C)c1C. The molecule has 24 heavy (non-hydrogen) atoms. The van der Waals surface area contributed by atoms with E-state index >= 15 is 0 Å². The van der Waals surface area contributed by atoms with E-state index in [9.17, 15) is 4.79 Å². The second-order valence-corrected chi connectivity index (χ2v) is 5.91. The first-order chi connectivity index (χ1) is 11.4. The molecule has 0 spiro atoms. The summed E-state index contributed by atoms with van der Waals surface area (Å²) in [6, 6.07) is 9.84. The minimum absolute atomic E-state index is 0.262. The summed E-state index contributed by atoms with van der Waals surface area (Å²) in [5.74, 6) is -0.262. The number of anilines is 1. The maximum Gasteiger partial charge on any atom is 0.302 e. The third kappa shape index (κ3) is 4.02. The van der Waals surface area contributed by atoms with Crippen molar-refractivity contribution in [1.82, 2.24) is 0 Å². The zero-order valence-electron chi connectivity index (χ0n) is 14.9. The minimum Gasteiger partial charge on any atom is -0.461 e. The maximum absolute atomic E-state index is 11.1. The van der Waals surface area contributed by atoms with Crippen LogP contribution in [-0.4, -0.2) is 12.2 Å². The van der Waals surface area contributed by atoms with Crippen molar-refractivity contribution in [1.29, 1.82) is 0 Å². The first-order valence-corrected chi connectivity index (χ1v) is 7.98. The molecule has 0 aromatic heterocycles. The molecular formula is C20H24N2O2. The van der Waals surface area contributed by atoms with E-state index in [2.05, 4.69) is 38.2 Å². The topological polar surface area (TPSA) is 50.7 Å². The quantitative estimate of drug-likeness (QED) is 0.503. The Morgan fingerprint density at radius 1 is 1.04 bits per heavy atom. The van der Waals surface area contributed by atoms with Crippen LogP contribution >= 0.6 is 0 Å². The fourth-order valence-electron chi connectivity index (χ4n) is 2.69. The third-order valence-corrected chi connectivity index (χ3v) is 4.42. The molecule has 0 amide bonds. The minimum atomic E-state index is -0.262. The molecule has 0 bridgehead atoms. The van der Waals surface area contributed by atoms with Gasteiger partial charge in [0.1, 0.15) is 6.61 Å². The van der Waals surface area contributed by atoms with Gasteiger partial charge in [-0.05, 0) is 67.6 Å². The molecule has 126 valence electrons. The van der Waals surface area contributed by atoms with Gasteiger partial charge in [-0.25, -0.2) is 0 Å². The summed E-state index contributed by atoms with van der Waals surface area (Å²) in [4.78, 5) is 11.1. The lowest BCUT2D eigenvalue weighted by Gasteiger charge is -2.18. The normalized spacial score (nSPS) is 10.9. The number of nitrogens with one attached hydrogen (secondary N) is 1. The summed E-state index contributed by atoms with van der Waals surface area (Å²) < 4.78 is 5.19. The number of esters is 1. The number of nitrogens with zero attached hydrogens (tertiary/aromatic N) is 1. The van der Waals surface area contributed by atoms with Crippen molar-refractivity contribution >= 4 is 17.9 Å². The van der Waals surface area contributed by atoms with Crippen molar-refractivity contribution in [3.63, 3.8) is 0 Å². The van der Waals surface area contributed by atoms with E-state index in [1.165, 1.54) is 6.92 Å². The van der Waals surface area contributed by atoms with E-state index in [0.29, 0.717) is 6.61 Å². The fraction of sp³-hybridized carbons (Fsp3) is 0.300. The van der Waals surface area contributed by atoms with Crippen molar-refractivity contribution in [3.8, 4) is 0 Å². The average molecular weight is 324 g/mol. The lowest BCUT2D eigenvalue weighted by atomic mass is 9.89. The highest BCUT2D eigenvalue weighted by atomic mass is 16.5. The summed E-state index contributed by atoms with van der Waals surface area (Å²) in [5.41, 5.74) is 10.7. The van der Waals surface area contributed by atoms with Gasteiger partial charge in [0, 0.05) is 12.5 Å². The molecule has 0 fully saturated rings. The highest BCUT2D eigenvalue weighted by Crippen LogP contribution is 2.26. The van der Waals surface area contributed by atoms with Crippen molar-refractivity contribution in [2.75, 3.05) is 5.43 Å². The summed E-state index contributed by atoms with van der Waals surface area (Å²) >= 11 is 0. The second kappa shape index (κ2) is 7.77. The van der Waals surface area contributed by atoms with E-state index in [4.69, 9.17) is 4.74 Å². The molecule has 0 aliphatic heterocycles. The van der Waals surface area contributed by atoms with Crippen LogP contribution in [0.3, 0.4) is 0 Å². The Bertz CT molecular complexity index is 736. The Morgan fingerprint density at radius 3 is 2.17 bits per heavy atom. The zero-order chi connectivity index (χ0) is 17.7. The largest absolute Gasteiger partial charge is 0.461 e. The van der Waals surface area contributed by atoms with Gasteiger partial charge in [0.25, 0.3) is 0 Å². The van der Waals surface area contributed by atoms with E-state index < -0.39 is 0 Å². The predicted molar refractivity (Wildman–Crippen MR) is 98.5 cm³/mol. The van der Waals surface area contributed by atoms with Gasteiger partial charge in [0.15, 0.2) is 0 Å². The molecule has 0 radical (unpaired) electrons. The number of para-hydroxylation sites is 1. The van der Waals surface area contributed by atoms with Crippen molar-refractivity contribution < 1.29 is 9.53 Å². The molecule has 2 aromatic rings. The van der Waals surface area contributed by atoms with Gasteiger partial charge < -0.3 is 4.74 Å². The number of carbonyl (C=O) groups excluding carboxylic acids is 1. The van der Waals surface area contributed by atoms with Crippen LogP contribution in [0.15, 0.2) is 35.4 Å². The number of hydrazone groups is 1. The van der Waals surface area contributed by atoms with Crippen LogP contribution in [0, 0.1) is 27.7 Å². The van der Waals surface area contributed by atoms with E-state index in [0.717, 1.165) is 39.1 Å². The molecule has 0 aliphatic rings. The van der Waals surface area contributed by atoms with Gasteiger partial charge in [-0.2, -0.15) is 5.10 Å². The number of hydrogen-bond donors (Lipinski definition) is 1. The molecule has 0 saturated heterocycles. The number of carbonyl (C=O) groups is 1. The van der Waals surface area contributed by atoms with Gasteiger partial charge in [-0.1, -0.05) is 18.2 Å². The van der Waals surface area contributed by atoms with Gasteiger partial charge in [-0.15, -0.1) is 0 Å². The Hall–Kier alpha value is -2.62. The van der Waals surface area contributed by atoms with Crippen molar-refractivity contribution in [2.24, 2.45) is 5.10 Å². The molecule has 1 N–H and O–H groups in total. The fourth-order valence-corrected chi connectivity index (χ4v) is 2.69. The molecule has 0 aliphatic carbocycles. The first-order valence-electron chi connectivity index (χ1n) is 7.98. The summed E-state index contributed by atoms with van der Waals surface area (Å²) in [6.07, 6.45) is 1.85. The van der Waals surface area contributed by atoms with Crippen LogP contribution in [-0.2, 0) is 16.1 Å². The van der Waals surface area contributed by atoms with Crippen LogP contribution in [0.4, 0.5) is 5.69 Å². The third-order valence-electron chi connectivity index (χ3n) is 4.42. The first kappa shape index (κ1) is 17.7. The maximum atomic E-state index is 11.1. The standard InChI is InChI=1S/C20H24N2O2/c1-13-15(3)20(12-24-17(5)23)16(4)14(2)19(13)11-21-22-18-9-7-6-8-10-18/h6-11,22H,12H2,1-5H3. The molecule has 0 heterocycles. The molecule has 4 heteroatoms. The second-order valence-electron chi connectivity index (χ2n) is 5.91.